The SMILES string of the molecule is COc1cc(C(=O)N2C[C@@H]3COC[C@H](C2)N(C)C3=O)ccc1F. The highest BCUT2D eigenvalue weighted by Gasteiger charge is 2.38. The summed E-state index contributed by atoms with van der Waals surface area (Å²) in [6, 6.07) is 3.87. The van der Waals surface area contributed by atoms with Gasteiger partial charge in [0, 0.05) is 25.7 Å². The minimum absolute atomic E-state index is 0.000475. The molecular formula is C16H19FN2O4. The molecule has 2 aliphatic rings. The van der Waals surface area contributed by atoms with Crippen LogP contribution in [0.2, 0.25) is 0 Å². The van der Waals surface area contributed by atoms with Crippen LogP contribution in [0.25, 0.3) is 0 Å². The Kier molecular flexibility index (Phi) is 4.21. The molecule has 2 saturated heterocycles. The van der Waals surface area contributed by atoms with Gasteiger partial charge in [0.2, 0.25) is 5.91 Å². The van der Waals surface area contributed by atoms with Gasteiger partial charge in [-0.15, -0.1) is 0 Å². The standard InChI is InChI=1S/C16H19FN2O4/c1-18-12-7-19(6-11(15(18)20)8-23-9-12)16(21)10-3-4-13(17)14(5-10)22-2/h3-5,11-12H,6-9H2,1-2H3/t11-,12+/m1/s1. The highest BCUT2D eigenvalue weighted by Crippen LogP contribution is 2.23. The van der Waals surface area contributed by atoms with Gasteiger partial charge >= 0.3 is 0 Å². The van der Waals surface area contributed by atoms with Crippen molar-refractivity contribution in [1.29, 1.82) is 0 Å². The summed E-state index contributed by atoms with van der Waals surface area (Å²) in [5.41, 5.74) is 0.347. The Labute approximate surface area is 133 Å². The number of methoxy groups -OCH3 is 1. The molecule has 2 bridgehead atoms. The van der Waals surface area contributed by atoms with Crippen molar-refractivity contribution in [2.75, 3.05) is 40.5 Å². The average molecular weight is 322 g/mol. The monoisotopic (exact) mass is 322 g/mol. The zero-order valence-electron chi connectivity index (χ0n) is 13.1. The normalized spacial score (nSPS) is 24.4. The van der Waals surface area contributed by atoms with Gasteiger partial charge in [-0.25, -0.2) is 4.39 Å². The van der Waals surface area contributed by atoms with Crippen LogP contribution in [0.1, 0.15) is 10.4 Å². The predicted octanol–water partition coefficient (Wildman–Crippen LogP) is 0.763. The molecule has 1 aromatic carbocycles. The maximum absolute atomic E-state index is 13.5. The van der Waals surface area contributed by atoms with Crippen LogP contribution in [-0.2, 0) is 9.53 Å². The Bertz CT molecular complexity index is 637. The van der Waals surface area contributed by atoms with Crippen LogP contribution in [0.5, 0.6) is 5.75 Å². The van der Waals surface area contributed by atoms with Gasteiger partial charge in [0.05, 0.1) is 32.3 Å². The molecule has 3 rings (SSSR count). The fraction of sp³-hybridized carbons (Fsp3) is 0.500. The third kappa shape index (κ3) is 2.88. The molecule has 7 heteroatoms. The van der Waals surface area contributed by atoms with Gasteiger partial charge in [-0.3, -0.25) is 9.59 Å². The summed E-state index contributed by atoms with van der Waals surface area (Å²) in [5, 5.41) is 0. The van der Waals surface area contributed by atoms with E-state index >= 15 is 0 Å². The van der Waals surface area contributed by atoms with Gasteiger partial charge in [0.15, 0.2) is 11.6 Å². The topological polar surface area (TPSA) is 59.1 Å². The number of hydrogen-bond acceptors (Lipinski definition) is 4. The van der Waals surface area contributed by atoms with E-state index in [0.29, 0.717) is 31.9 Å². The zero-order chi connectivity index (χ0) is 16.6. The fourth-order valence-electron chi connectivity index (χ4n) is 3.04. The van der Waals surface area contributed by atoms with E-state index in [0.717, 1.165) is 0 Å². The lowest BCUT2D eigenvalue weighted by atomic mass is 10.1. The van der Waals surface area contributed by atoms with Crippen LogP contribution in [0, 0.1) is 11.7 Å². The number of likely N-dealkylation sites (N-methyl/N-ethyl adjacent to an activating group) is 1. The molecule has 2 fully saturated rings. The highest BCUT2D eigenvalue weighted by molar-refractivity contribution is 5.95. The highest BCUT2D eigenvalue weighted by atomic mass is 19.1. The summed E-state index contributed by atoms with van der Waals surface area (Å²) in [6.07, 6.45) is 0. The second kappa shape index (κ2) is 6.16. The smallest absolute Gasteiger partial charge is 0.254 e. The molecular weight excluding hydrogens is 303 g/mol. The minimum Gasteiger partial charge on any atom is -0.494 e. The second-order valence-corrected chi connectivity index (χ2v) is 5.90. The summed E-state index contributed by atoms with van der Waals surface area (Å²) in [7, 11) is 3.09. The van der Waals surface area contributed by atoms with Crippen molar-refractivity contribution in [1.82, 2.24) is 9.80 Å². The van der Waals surface area contributed by atoms with E-state index in [4.69, 9.17) is 9.47 Å². The lowest BCUT2D eigenvalue weighted by molar-refractivity contribution is -0.133. The molecule has 0 saturated carbocycles. The Morgan fingerprint density at radius 2 is 2.13 bits per heavy atom. The van der Waals surface area contributed by atoms with E-state index in [9.17, 15) is 14.0 Å². The van der Waals surface area contributed by atoms with E-state index in [1.165, 1.54) is 25.3 Å². The molecule has 0 spiro atoms. The van der Waals surface area contributed by atoms with Crippen LogP contribution >= 0.6 is 0 Å². The first-order valence-corrected chi connectivity index (χ1v) is 7.48. The third-order valence-electron chi connectivity index (χ3n) is 4.43. The second-order valence-electron chi connectivity index (χ2n) is 5.90. The van der Waals surface area contributed by atoms with Gasteiger partial charge in [-0.1, -0.05) is 0 Å². The zero-order valence-corrected chi connectivity index (χ0v) is 13.1. The van der Waals surface area contributed by atoms with Crippen molar-refractivity contribution in [2.24, 2.45) is 5.92 Å². The minimum atomic E-state index is -0.514. The summed E-state index contributed by atoms with van der Waals surface area (Å²) in [5.74, 6) is -1.08. The number of halogens is 1. The number of amides is 2. The van der Waals surface area contributed by atoms with Gasteiger partial charge in [-0.2, -0.15) is 0 Å². The largest absolute Gasteiger partial charge is 0.494 e. The Morgan fingerprint density at radius 3 is 2.87 bits per heavy atom. The number of hydrogen-bond donors (Lipinski definition) is 0. The van der Waals surface area contributed by atoms with Crippen LogP contribution in [0.3, 0.4) is 0 Å². The van der Waals surface area contributed by atoms with Crippen LogP contribution in [0.15, 0.2) is 18.2 Å². The number of carbonyl (C=O) groups is 2. The lowest BCUT2D eigenvalue weighted by Gasteiger charge is -2.29. The van der Waals surface area contributed by atoms with E-state index in [1.807, 2.05) is 0 Å². The molecule has 2 aliphatic heterocycles. The van der Waals surface area contributed by atoms with Gasteiger partial charge in [-0.05, 0) is 18.2 Å². The molecule has 1 aromatic rings. The first kappa shape index (κ1) is 15.7. The molecule has 0 radical (unpaired) electrons. The summed E-state index contributed by atoms with van der Waals surface area (Å²) >= 11 is 0. The van der Waals surface area contributed by atoms with E-state index in [1.54, 1.807) is 16.8 Å². The summed E-state index contributed by atoms with van der Waals surface area (Å²) < 4.78 is 24.0. The third-order valence-corrected chi connectivity index (χ3v) is 4.43. The molecule has 124 valence electrons. The van der Waals surface area contributed by atoms with E-state index < -0.39 is 5.82 Å². The van der Waals surface area contributed by atoms with Gasteiger partial charge < -0.3 is 19.3 Å². The maximum Gasteiger partial charge on any atom is 0.254 e. The summed E-state index contributed by atoms with van der Waals surface area (Å²) in [6.45, 7) is 1.43. The van der Waals surface area contributed by atoms with Crippen molar-refractivity contribution in [2.45, 2.75) is 6.04 Å². The number of ether oxygens (including phenoxy) is 2. The van der Waals surface area contributed by atoms with Gasteiger partial charge in [0.25, 0.3) is 5.91 Å². The van der Waals surface area contributed by atoms with Crippen LogP contribution in [-0.4, -0.2) is 68.1 Å². The van der Waals surface area contributed by atoms with E-state index in [2.05, 4.69) is 0 Å². The molecule has 2 atom stereocenters. The van der Waals surface area contributed by atoms with E-state index in [-0.39, 0.29) is 29.5 Å². The Balaban J connectivity index is 1.86. The quantitative estimate of drug-likeness (QED) is 0.807. The van der Waals surface area contributed by atoms with Crippen molar-refractivity contribution >= 4 is 11.8 Å². The summed E-state index contributed by atoms with van der Waals surface area (Å²) in [4.78, 5) is 28.4. The molecule has 2 heterocycles. The molecule has 0 N–H and O–H groups in total. The molecule has 0 aromatic heterocycles. The molecule has 0 unspecified atom stereocenters. The first-order chi connectivity index (χ1) is 11.0. The molecule has 0 aliphatic carbocycles. The number of rotatable bonds is 2. The molecule has 2 amide bonds. The van der Waals surface area contributed by atoms with Gasteiger partial charge in [0.1, 0.15) is 0 Å². The van der Waals surface area contributed by atoms with Crippen molar-refractivity contribution in [3.05, 3.63) is 29.6 Å². The molecule has 23 heavy (non-hydrogen) atoms. The Hall–Kier alpha value is -2.15. The molecule has 6 nitrogen and oxygen atoms in total. The number of carbonyl (C=O) groups excluding carboxylic acids is 2. The van der Waals surface area contributed by atoms with Crippen LogP contribution in [0.4, 0.5) is 4.39 Å². The average Bonchev–Trinajstić information content (AvgIpc) is 2.72. The Morgan fingerprint density at radius 1 is 1.35 bits per heavy atom. The van der Waals surface area contributed by atoms with Crippen molar-refractivity contribution < 1.29 is 23.5 Å². The van der Waals surface area contributed by atoms with Crippen molar-refractivity contribution in [3.63, 3.8) is 0 Å². The van der Waals surface area contributed by atoms with Crippen LogP contribution < -0.4 is 4.74 Å². The fourth-order valence-corrected chi connectivity index (χ4v) is 3.04. The number of benzene rings is 1. The predicted molar refractivity (Wildman–Crippen MR) is 79.7 cm³/mol. The van der Waals surface area contributed by atoms with Crippen molar-refractivity contribution in [3.8, 4) is 5.75 Å². The number of fused-ring (bicyclic) bond motifs is 3. The number of nitrogens with zero attached hydrogens (tertiary/aromatic N) is 2. The first-order valence-electron chi connectivity index (χ1n) is 7.48. The lowest BCUT2D eigenvalue weighted by Crippen LogP contribution is -2.45. The maximum atomic E-state index is 13.5.